The normalized spacial score (nSPS) is 12.2. The van der Waals surface area contributed by atoms with Crippen molar-refractivity contribution in [3.8, 4) is 11.4 Å². The molecular formula is C20H18FN5OS. The Balaban J connectivity index is 1.61. The first kappa shape index (κ1) is 18.2. The average molecular weight is 395 g/mol. The van der Waals surface area contributed by atoms with Crippen LogP contribution in [0.3, 0.4) is 0 Å². The van der Waals surface area contributed by atoms with Gasteiger partial charge in [-0.15, -0.1) is 15.3 Å². The van der Waals surface area contributed by atoms with Crippen molar-refractivity contribution in [2.45, 2.75) is 26.2 Å². The monoisotopic (exact) mass is 395 g/mol. The first-order valence-electron chi connectivity index (χ1n) is 8.91. The van der Waals surface area contributed by atoms with Crippen LogP contribution in [0.2, 0.25) is 0 Å². The molecular weight excluding hydrogens is 377 g/mol. The molecule has 0 saturated carbocycles. The molecule has 6 nitrogen and oxygen atoms in total. The van der Waals surface area contributed by atoms with Crippen LogP contribution in [0.15, 0.2) is 48.5 Å². The Labute approximate surface area is 165 Å². The van der Waals surface area contributed by atoms with Gasteiger partial charge in [0.2, 0.25) is 16.0 Å². The molecule has 0 aliphatic heterocycles. The maximum absolute atomic E-state index is 13.9. The molecule has 0 spiro atoms. The van der Waals surface area contributed by atoms with Crippen LogP contribution in [-0.4, -0.2) is 25.7 Å². The molecule has 1 unspecified atom stereocenters. The van der Waals surface area contributed by atoms with Gasteiger partial charge in [0.1, 0.15) is 5.82 Å². The minimum atomic E-state index is -0.313. The molecule has 1 amide bonds. The summed E-state index contributed by atoms with van der Waals surface area (Å²) in [5.41, 5.74) is 2.10. The second-order valence-electron chi connectivity index (χ2n) is 6.45. The number of amides is 1. The zero-order chi connectivity index (χ0) is 19.7. The number of benzene rings is 2. The molecule has 2 aromatic carbocycles. The molecule has 2 aromatic heterocycles. The summed E-state index contributed by atoms with van der Waals surface area (Å²) in [5.74, 6) is -0.268. The zero-order valence-electron chi connectivity index (χ0n) is 15.4. The first-order chi connectivity index (χ1) is 13.6. The van der Waals surface area contributed by atoms with E-state index in [1.54, 1.807) is 19.1 Å². The third-order valence-electron chi connectivity index (χ3n) is 4.58. The summed E-state index contributed by atoms with van der Waals surface area (Å²) in [6.07, 6.45) is 0.674. The van der Waals surface area contributed by atoms with Gasteiger partial charge in [0.05, 0.1) is 5.92 Å². The van der Waals surface area contributed by atoms with E-state index in [9.17, 15) is 9.18 Å². The van der Waals surface area contributed by atoms with Gasteiger partial charge in [-0.2, -0.15) is 4.52 Å². The molecule has 2 heterocycles. The molecule has 1 atom stereocenters. The number of carbonyl (C=O) groups is 1. The van der Waals surface area contributed by atoms with Crippen molar-refractivity contribution in [1.29, 1.82) is 0 Å². The number of carbonyl (C=O) groups excluding carboxylic acids is 1. The van der Waals surface area contributed by atoms with Crippen molar-refractivity contribution in [3.63, 3.8) is 0 Å². The van der Waals surface area contributed by atoms with Crippen molar-refractivity contribution in [2.75, 3.05) is 5.32 Å². The number of aryl methyl sites for hydroxylation is 1. The van der Waals surface area contributed by atoms with Gasteiger partial charge in [-0.05, 0) is 30.5 Å². The standard InChI is InChI=1S/C20H18FN5OS/c1-3-15(13-7-5-4-6-8-13)18(27)22-19-25-26-17(23-24-20(26)28-19)14-10-9-12(2)16(21)11-14/h4-11,15H,3H2,1-2H3,(H,22,25,27). The van der Waals surface area contributed by atoms with Crippen LogP contribution in [-0.2, 0) is 4.79 Å². The summed E-state index contributed by atoms with van der Waals surface area (Å²) in [7, 11) is 0. The topological polar surface area (TPSA) is 72.2 Å². The molecule has 0 radical (unpaired) electrons. The van der Waals surface area contributed by atoms with Crippen LogP contribution < -0.4 is 5.32 Å². The fraction of sp³-hybridized carbons (Fsp3) is 0.200. The highest BCUT2D eigenvalue weighted by molar-refractivity contribution is 7.20. The van der Waals surface area contributed by atoms with E-state index in [2.05, 4.69) is 20.6 Å². The van der Waals surface area contributed by atoms with Gasteiger partial charge in [0, 0.05) is 5.56 Å². The maximum atomic E-state index is 13.9. The van der Waals surface area contributed by atoms with Crippen molar-refractivity contribution in [1.82, 2.24) is 19.8 Å². The Morgan fingerprint density at radius 2 is 2.00 bits per heavy atom. The van der Waals surface area contributed by atoms with Gasteiger partial charge < -0.3 is 0 Å². The molecule has 142 valence electrons. The van der Waals surface area contributed by atoms with E-state index in [1.165, 1.54) is 21.9 Å². The predicted octanol–water partition coefficient (Wildman–Crippen LogP) is 4.43. The minimum Gasteiger partial charge on any atom is -0.300 e. The number of rotatable bonds is 5. The lowest BCUT2D eigenvalue weighted by molar-refractivity contribution is -0.117. The van der Waals surface area contributed by atoms with Gasteiger partial charge in [0.25, 0.3) is 0 Å². The lowest BCUT2D eigenvalue weighted by atomic mass is 9.96. The maximum Gasteiger partial charge on any atom is 0.236 e. The quantitative estimate of drug-likeness (QED) is 0.542. The Morgan fingerprint density at radius 3 is 2.71 bits per heavy atom. The van der Waals surface area contributed by atoms with Gasteiger partial charge in [-0.1, -0.05) is 60.7 Å². The SMILES string of the molecule is CCC(C(=O)Nc1nn2c(-c3ccc(C)c(F)c3)nnc2s1)c1ccccc1. The van der Waals surface area contributed by atoms with Gasteiger partial charge >= 0.3 is 0 Å². The first-order valence-corrected chi connectivity index (χ1v) is 9.73. The molecule has 4 aromatic rings. The molecule has 0 aliphatic rings. The zero-order valence-corrected chi connectivity index (χ0v) is 16.2. The van der Waals surface area contributed by atoms with Crippen LogP contribution >= 0.6 is 11.3 Å². The second-order valence-corrected chi connectivity index (χ2v) is 7.41. The third kappa shape index (κ3) is 3.38. The molecule has 0 saturated heterocycles. The summed E-state index contributed by atoms with van der Waals surface area (Å²) in [6, 6.07) is 14.5. The van der Waals surface area contributed by atoms with Crippen LogP contribution in [0.25, 0.3) is 16.3 Å². The molecule has 0 fully saturated rings. The molecule has 8 heteroatoms. The van der Waals surface area contributed by atoms with Crippen molar-refractivity contribution >= 4 is 27.3 Å². The number of fused-ring (bicyclic) bond motifs is 1. The van der Waals surface area contributed by atoms with Crippen molar-refractivity contribution in [3.05, 3.63) is 65.5 Å². The summed E-state index contributed by atoms with van der Waals surface area (Å²) in [5, 5.41) is 15.9. The number of nitrogens with one attached hydrogen (secondary N) is 1. The Kier molecular flexibility index (Phi) is 4.87. The highest BCUT2D eigenvalue weighted by atomic mass is 32.1. The lowest BCUT2D eigenvalue weighted by Gasteiger charge is -2.13. The lowest BCUT2D eigenvalue weighted by Crippen LogP contribution is -2.20. The Bertz CT molecular complexity index is 1140. The molecule has 0 bridgehead atoms. The fourth-order valence-electron chi connectivity index (χ4n) is 3.03. The minimum absolute atomic E-state index is 0.124. The average Bonchev–Trinajstić information content (AvgIpc) is 3.25. The highest BCUT2D eigenvalue weighted by Crippen LogP contribution is 2.27. The molecule has 0 aliphatic carbocycles. The van der Waals surface area contributed by atoms with E-state index in [-0.39, 0.29) is 17.6 Å². The number of hydrogen-bond donors (Lipinski definition) is 1. The number of nitrogens with zero attached hydrogens (tertiary/aromatic N) is 4. The van der Waals surface area contributed by atoms with Crippen LogP contribution in [0, 0.1) is 12.7 Å². The van der Waals surface area contributed by atoms with Crippen LogP contribution in [0.1, 0.15) is 30.4 Å². The second kappa shape index (κ2) is 7.47. The largest absolute Gasteiger partial charge is 0.300 e. The summed E-state index contributed by atoms with van der Waals surface area (Å²) < 4.78 is 15.4. The van der Waals surface area contributed by atoms with Crippen LogP contribution in [0.4, 0.5) is 9.52 Å². The van der Waals surface area contributed by atoms with E-state index in [0.29, 0.717) is 33.5 Å². The number of aromatic nitrogens is 4. The summed E-state index contributed by atoms with van der Waals surface area (Å²) in [4.78, 5) is 13.3. The highest BCUT2D eigenvalue weighted by Gasteiger charge is 2.21. The smallest absolute Gasteiger partial charge is 0.236 e. The fourth-order valence-corrected chi connectivity index (χ4v) is 3.77. The van der Waals surface area contributed by atoms with E-state index in [1.807, 2.05) is 37.3 Å². The van der Waals surface area contributed by atoms with Gasteiger partial charge in [0.15, 0.2) is 5.82 Å². The summed E-state index contributed by atoms with van der Waals surface area (Å²) >= 11 is 1.22. The Morgan fingerprint density at radius 1 is 1.21 bits per heavy atom. The van der Waals surface area contributed by atoms with E-state index < -0.39 is 0 Å². The molecule has 1 N–H and O–H groups in total. The van der Waals surface area contributed by atoms with Crippen LogP contribution in [0.5, 0.6) is 0 Å². The number of anilines is 1. The number of hydrogen-bond acceptors (Lipinski definition) is 5. The van der Waals surface area contributed by atoms with E-state index in [4.69, 9.17) is 0 Å². The van der Waals surface area contributed by atoms with Crippen molar-refractivity contribution in [2.24, 2.45) is 0 Å². The van der Waals surface area contributed by atoms with Crippen molar-refractivity contribution < 1.29 is 9.18 Å². The Hall–Kier alpha value is -3.13. The van der Waals surface area contributed by atoms with Gasteiger partial charge in [-0.25, -0.2) is 4.39 Å². The molecule has 4 rings (SSSR count). The van der Waals surface area contributed by atoms with E-state index >= 15 is 0 Å². The summed E-state index contributed by atoms with van der Waals surface area (Å²) in [6.45, 7) is 3.67. The molecule has 28 heavy (non-hydrogen) atoms. The number of halogens is 1. The van der Waals surface area contributed by atoms with Gasteiger partial charge in [-0.3, -0.25) is 10.1 Å². The predicted molar refractivity (Wildman–Crippen MR) is 107 cm³/mol. The third-order valence-corrected chi connectivity index (χ3v) is 5.39. The van der Waals surface area contributed by atoms with E-state index in [0.717, 1.165) is 5.56 Å².